The molecule has 0 aromatic rings. The third-order valence-corrected chi connectivity index (χ3v) is 4.67. The highest BCUT2D eigenvalue weighted by Crippen LogP contribution is 2.22. The number of amides is 1. The second-order valence-electron chi connectivity index (χ2n) is 5.99. The van der Waals surface area contributed by atoms with E-state index in [1.54, 1.807) is 0 Å². The minimum Gasteiger partial charge on any atom is -0.342 e. The van der Waals surface area contributed by atoms with Crippen LogP contribution in [0.3, 0.4) is 0 Å². The molecule has 1 unspecified atom stereocenters. The topological polar surface area (TPSA) is 32.3 Å². The van der Waals surface area contributed by atoms with Gasteiger partial charge >= 0.3 is 0 Å². The summed E-state index contributed by atoms with van der Waals surface area (Å²) in [6.45, 7) is 6.54. The maximum Gasteiger partial charge on any atom is 0.222 e. The van der Waals surface area contributed by atoms with Gasteiger partial charge in [0.15, 0.2) is 0 Å². The second-order valence-corrected chi connectivity index (χ2v) is 5.99. The third kappa shape index (κ3) is 5.31. The van der Waals surface area contributed by atoms with E-state index >= 15 is 0 Å². The highest BCUT2D eigenvalue weighted by atomic mass is 35.5. The van der Waals surface area contributed by atoms with E-state index in [4.69, 9.17) is 0 Å². The summed E-state index contributed by atoms with van der Waals surface area (Å²) in [6.07, 6.45) is 8.13. The second kappa shape index (κ2) is 8.80. The molecule has 0 spiro atoms. The molecule has 0 radical (unpaired) electrons. The van der Waals surface area contributed by atoms with Gasteiger partial charge in [0, 0.05) is 19.5 Å². The number of rotatable bonds is 4. The summed E-state index contributed by atoms with van der Waals surface area (Å²) in [6, 6.07) is 0. The molecule has 2 saturated heterocycles. The molecular weight excluding hydrogens is 260 g/mol. The Hall–Kier alpha value is -0.280. The Bertz CT molecular complexity index is 267. The maximum absolute atomic E-state index is 12.2. The highest BCUT2D eigenvalue weighted by Gasteiger charge is 2.23. The monoisotopic (exact) mass is 288 g/mol. The molecule has 2 rings (SSSR count). The van der Waals surface area contributed by atoms with Crippen LogP contribution in [0.4, 0.5) is 0 Å². The number of hydrogen-bond donors (Lipinski definition) is 1. The van der Waals surface area contributed by atoms with Crippen molar-refractivity contribution in [2.75, 3.05) is 26.2 Å². The van der Waals surface area contributed by atoms with Crippen LogP contribution in [0.2, 0.25) is 0 Å². The van der Waals surface area contributed by atoms with Crippen molar-refractivity contribution >= 4 is 18.3 Å². The molecule has 0 aromatic heterocycles. The first-order valence-electron chi connectivity index (χ1n) is 7.78. The van der Waals surface area contributed by atoms with Crippen molar-refractivity contribution in [2.24, 2.45) is 11.8 Å². The zero-order valence-corrected chi connectivity index (χ0v) is 13.0. The zero-order chi connectivity index (χ0) is 12.8. The van der Waals surface area contributed by atoms with Crippen LogP contribution in [0.1, 0.15) is 51.9 Å². The first kappa shape index (κ1) is 16.8. The minimum atomic E-state index is 0. The van der Waals surface area contributed by atoms with Gasteiger partial charge in [-0.05, 0) is 57.0 Å². The Morgan fingerprint density at radius 1 is 1.21 bits per heavy atom. The van der Waals surface area contributed by atoms with E-state index in [1.165, 1.54) is 32.1 Å². The number of likely N-dealkylation sites (tertiary alicyclic amines) is 1. The van der Waals surface area contributed by atoms with Gasteiger partial charge in [-0.2, -0.15) is 0 Å². The number of halogens is 1. The van der Waals surface area contributed by atoms with Gasteiger partial charge in [-0.15, -0.1) is 12.4 Å². The lowest BCUT2D eigenvalue weighted by atomic mass is 9.92. The Kier molecular flexibility index (Phi) is 7.77. The Morgan fingerprint density at radius 3 is 2.63 bits per heavy atom. The summed E-state index contributed by atoms with van der Waals surface area (Å²) in [4.78, 5) is 14.3. The van der Waals surface area contributed by atoms with Gasteiger partial charge in [-0.1, -0.05) is 13.3 Å². The predicted octanol–water partition coefficient (Wildman–Crippen LogP) is 2.84. The average Bonchev–Trinajstić information content (AvgIpc) is 2.46. The van der Waals surface area contributed by atoms with Crippen LogP contribution in [-0.2, 0) is 4.79 Å². The van der Waals surface area contributed by atoms with Crippen LogP contribution >= 0.6 is 12.4 Å². The van der Waals surface area contributed by atoms with Gasteiger partial charge < -0.3 is 10.2 Å². The fourth-order valence-corrected chi connectivity index (χ4v) is 3.28. The number of carbonyl (C=O) groups is 1. The molecule has 112 valence electrons. The lowest BCUT2D eigenvalue weighted by molar-refractivity contribution is -0.133. The molecule has 2 heterocycles. The molecule has 3 nitrogen and oxygen atoms in total. The van der Waals surface area contributed by atoms with E-state index in [0.717, 1.165) is 50.9 Å². The number of carbonyl (C=O) groups excluding carboxylic acids is 1. The molecule has 2 aliphatic rings. The van der Waals surface area contributed by atoms with Crippen molar-refractivity contribution in [3.8, 4) is 0 Å². The number of nitrogens with one attached hydrogen (secondary N) is 1. The van der Waals surface area contributed by atoms with E-state index in [1.807, 2.05) is 0 Å². The quantitative estimate of drug-likeness (QED) is 0.863. The van der Waals surface area contributed by atoms with Gasteiger partial charge in [0.1, 0.15) is 0 Å². The molecular formula is C15H29ClN2O. The molecule has 4 heteroatoms. The van der Waals surface area contributed by atoms with Crippen molar-refractivity contribution in [1.82, 2.24) is 10.2 Å². The number of piperidine rings is 2. The van der Waals surface area contributed by atoms with Crippen molar-refractivity contribution in [2.45, 2.75) is 51.9 Å². The van der Waals surface area contributed by atoms with Crippen molar-refractivity contribution in [3.63, 3.8) is 0 Å². The lowest BCUT2D eigenvalue weighted by Crippen LogP contribution is -2.40. The lowest BCUT2D eigenvalue weighted by Gasteiger charge is -2.33. The molecule has 0 aromatic carbocycles. The van der Waals surface area contributed by atoms with Crippen LogP contribution in [0.15, 0.2) is 0 Å². The van der Waals surface area contributed by atoms with E-state index < -0.39 is 0 Å². The Labute approximate surface area is 123 Å². The van der Waals surface area contributed by atoms with Crippen LogP contribution in [0.25, 0.3) is 0 Å². The molecule has 2 aliphatic heterocycles. The van der Waals surface area contributed by atoms with Crippen LogP contribution in [0, 0.1) is 11.8 Å². The number of hydrogen-bond acceptors (Lipinski definition) is 2. The molecule has 0 saturated carbocycles. The molecule has 2 fully saturated rings. The fourth-order valence-electron chi connectivity index (χ4n) is 3.28. The zero-order valence-electron chi connectivity index (χ0n) is 12.2. The smallest absolute Gasteiger partial charge is 0.222 e. The van der Waals surface area contributed by atoms with Gasteiger partial charge in [-0.3, -0.25) is 4.79 Å². The molecule has 0 bridgehead atoms. The normalized spacial score (nSPS) is 24.9. The first-order valence-corrected chi connectivity index (χ1v) is 7.78. The fraction of sp³-hybridized carbons (Fsp3) is 0.933. The van der Waals surface area contributed by atoms with E-state index in [2.05, 4.69) is 17.1 Å². The van der Waals surface area contributed by atoms with Gasteiger partial charge in [-0.25, -0.2) is 0 Å². The maximum atomic E-state index is 12.2. The summed E-state index contributed by atoms with van der Waals surface area (Å²) in [5.41, 5.74) is 0. The molecule has 1 atom stereocenters. The van der Waals surface area contributed by atoms with Gasteiger partial charge in [0.25, 0.3) is 0 Å². The van der Waals surface area contributed by atoms with E-state index in [0.29, 0.717) is 5.91 Å². The standard InChI is InChI=1S/C15H28N2O.ClH/c1-2-13-4-3-11-17(12-13)15(18)6-5-14-7-9-16-10-8-14;/h13-14,16H,2-12H2,1H3;1H. The average molecular weight is 289 g/mol. The van der Waals surface area contributed by atoms with Crippen LogP contribution in [-0.4, -0.2) is 37.0 Å². The highest BCUT2D eigenvalue weighted by molar-refractivity contribution is 5.85. The summed E-state index contributed by atoms with van der Waals surface area (Å²) in [5, 5.41) is 3.38. The summed E-state index contributed by atoms with van der Waals surface area (Å²) >= 11 is 0. The molecule has 1 amide bonds. The van der Waals surface area contributed by atoms with Crippen molar-refractivity contribution < 1.29 is 4.79 Å². The largest absolute Gasteiger partial charge is 0.342 e. The summed E-state index contributed by atoms with van der Waals surface area (Å²) in [7, 11) is 0. The molecule has 0 aliphatic carbocycles. The minimum absolute atomic E-state index is 0. The van der Waals surface area contributed by atoms with Gasteiger partial charge in [0.05, 0.1) is 0 Å². The van der Waals surface area contributed by atoms with Gasteiger partial charge in [0.2, 0.25) is 5.91 Å². The summed E-state index contributed by atoms with van der Waals surface area (Å²) < 4.78 is 0. The Balaban J connectivity index is 0.00000180. The first-order chi connectivity index (χ1) is 8.79. The van der Waals surface area contributed by atoms with E-state index in [-0.39, 0.29) is 12.4 Å². The SMILES string of the molecule is CCC1CCCN(C(=O)CCC2CCNCC2)C1.Cl. The molecule has 19 heavy (non-hydrogen) atoms. The predicted molar refractivity (Wildman–Crippen MR) is 81.7 cm³/mol. The van der Waals surface area contributed by atoms with Crippen molar-refractivity contribution in [3.05, 3.63) is 0 Å². The summed E-state index contributed by atoms with van der Waals surface area (Å²) in [5.74, 6) is 1.94. The Morgan fingerprint density at radius 2 is 1.95 bits per heavy atom. The third-order valence-electron chi connectivity index (χ3n) is 4.67. The van der Waals surface area contributed by atoms with Crippen LogP contribution in [0.5, 0.6) is 0 Å². The van der Waals surface area contributed by atoms with E-state index in [9.17, 15) is 4.79 Å². The van der Waals surface area contributed by atoms with Crippen LogP contribution < -0.4 is 5.32 Å². The number of nitrogens with zero attached hydrogens (tertiary/aromatic N) is 1. The van der Waals surface area contributed by atoms with Crippen molar-refractivity contribution in [1.29, 1.82) is 0 Å². The molecule has 1 N–H and O–H groups in total.